The van der Waals surface area contributed by atoms with Crippen molar-refractivity contribution in [2.45, 2.75) is 70.3 Å². The van der Waals surface area contributed by atoms with Crippen molar-refractivity contribution in [3.05, 3.63) is 48.7 Å². The van der Waals surface area contributed by atoms with Crippen LogP contribution in [0, 0.1) is 10.8 Å². The zero-order chi connectivity index (χ0) is 28.0. The first-order valence-corrected chi connectivity index (χ1v) is 14.3. The monoisotopic (exact) mass is 543 g/mol. The molecule has 4 saturated carbocycles. The fourth-order valence-corrected chi connectivity index (χ4v) is 6.49. The van der Waals surface area contributed by atoms with Crippen molar-refractivity contribution in [1.82, 2.24) is 10.3 Å². The Labute approximate surface area is 234 Å². The molecular weight excluding hydrogens is 506 g/mol. The van der Waals surface area contributed by atoms with Crippen LogP contribution in [0.3, 0.4) is 0 Å². The van der Waals surface area contributed by atoms with Crippen LogP contribution in [-0.2, 0) is 9.59 Å². The third-order valence-corrected chi connectivity index (χ3v) is 9.67. The van der Waals surface area contributed by atoms with Crippen molar-refractivity contribution in [2.24, 2.45) is 10.8 Å². The smallest absolute Gasteiger partial charge is 0.230 e. The minimum Gasteiger partial charge on any atom is -0.493 e. The molecule has 1 aromatic heterocycles. The van der Waals surface area contributed by atoms with Gasteiger partial charge in [-0.15, -0.1) is 0 Å². The van der Waals surface area contributed by atoms with Crippen molar-refractivity contribution in [3.8, 4) is 23.0 Å². The van der Waals surface area contributed by atoms with E-state index >= 15 is 0 Å². The highest BCUT2D eigenvalue weighted by Gasteiger charge is 2.57. The third-order valence-electron chi connectivity index (χ3n) is 9.67. The van der Waals surface area contributed by atoms with E-state index in [2.05, 4.69) is 22.5 Å². The van der Waals surface area contributed by atoms with Gasteiger partial charge in [-0.2, -0.15) is 0 Å². The number of methoxy groups -OCH3 is 2. The largest absolute Gasteiger partial charge is 0.493 e. The van der Waals surface area contributed by atoms with Gasteiger partial charge in [-0.3, -0.25) is 14.6 Å². The number of carbonyl (C=O) groups excluding carboxylic acids is 2. The Morgan fingerprint density at radius 2 is 1.40 bits per heavy atom. The van der Waals surface area contributed by atoms with Crippen molar-refractivity contribution in [1.29, 1.82) is 0 Å². The first-order chi connectivity index (χ1) is 19.3. The normalized spacial score (nSPS) is 24.3. The number of anilines is 1. The first-order valence-electron chi connectivity index (χ1n) is 14.3. The molecule has 2 N–H and O–H groups in total. The first kappa shape index (κ1) is 26.4. The minimum absolute atomic E-state index is 0.0377. The molecule has 40 heavy (non-hydrogen) atoms. The Morgan fingerprint density at radius 3 is 1.98 bits per heavy atom. The number of aromatic nitrogens is 1. The maximum absolute atomic E-state index is 13.5. The Balaban J connectivity index is 1.10. The molecule has 8 nitrogen and oxygen atoms in total. The molecule has 1 heterocycles. The van der Waals surface area contributed by atoms with E-state index in [4.69, 9.17) is 14.2 Å². The van der Waals surface area contributed by atoms with Gasteiger partial charge in [0.2, 0.25) is 11.8 Å². The lowest BCUT2D eigenvalue weighted by Crippen LogP contribution is -2.55. The average molecular weight is 544 g/mol. The number of fused-ring (bicyclic) bond motifs is 4. The molecule has 4 fully saturated rings. The van der Waals surface area contributed by atoms with Crippen LogP contribution in [-0.4, -0.2) is 36.6 Å². The van der Waals surface area contributed by atoms with E-state index < -0.39 is 5.41 Å². The number of ether oxygens (including phenoxy) is 3. The maximum atomic E-state index is 13.5. The summed E-state index contributed by atoms with van der Waals surface area (Å²) in [6, 6.07) is 12.9. The van der Waals surface area contributed by atoms with Gasteiger partial charge in [0.05, 0.1) is 19.7 Å². The molecule has 0 atom stereocenters. The number of hydrogen-bond donors (Lipinski definition) is 2. The molecule has 2 bridgehead atoms. The molecule has 3 aromatic rings. The van der Waals surface area contributed by atoms with Crippen LogP contribution in [0.1, 0.15) is 64.7 Å². The summed E-state index contributed by atoms with van der Waals surface area (Å²) in [6.45, 7) is 2.15. The lowest BCUT2D eigenvalue weighted by atomic mass is 9.53. The summed E-state index contributed by atoms with van der Waals surface area (Å²) in [5, 5.41) is 7.31. The van der Waals surface area contributed by atoms with Gasteiger partial charge in [0.15, 0.2) is 11.5 Å². The van der Waals surface area contributed by atoms with E-state index in [1.807, 2.05) is 42.5 Å². The molecule has 8 heteroatoms. The quantitative estimate of drug-likeness (QED) is 0.325. The summed E-state index contributed by atoms with van der Waals surface area (Å²) < 4.78 is 17.0. The number of pyridine rings is 1. The van der Waals surface area contributed by atoms with Gasteiger partial charge < -0.3 is 24.8 Å². The van der Waals surface area contributed by atoms with E-state index in [-0.39, 0.29) is 22.8 Å². The summed E-state index contributed by atoms with van der Waals surface area (Å²) in [7, 11) is 3.19. The van der Waals surface area contributed by atoms with Gasteiger partial charge in [0.1, 0.15) is 11.5 Å². The molecule has 4 aliphatic rings. The van der Waals surface area contributed by atoms with Gasteiger partial charge in [-0.1, -0.05) is 6.92 Å². The number of hydrogen-bond acceptors (Lipinski definition) is 6. The van der Waals surface area contributed by atoms with Crippen molar-refractivity contribution >= 4 is 28.4 Å². The summed E-state index contributed by atoms with van der Waals surface area (Å²) in [4.78, 5) is 31.1. The Bertz CT molecular complexity index is 1420. The van der Waals surface area contributed by atoms with E-state index in [1.54, 1.807) is 20.4 Å². The van der Waals surface area contributed by atoms with Crippen LogP contribution in [0.15, 0.2) is 48.7 Å². The van der Waals surface area contributed by atoms with Crippen LogP contribution in [0.4, 0.5) is 5.69 Å². The Hall–Kier alpha value is -3.81. The highest BCUT2D eigenvalue weighted by atomic mass is 16.5. The fraction of sp³-hybridized carbons (Fsp3) is 0.469. The van der Waals surface area contributed by atoms with Gasteiger partial charge in [0, 0.05) is 39.7 Å². The zero-order valence-corrected chi connectivity index (χ0v) is 23.5. The molecule has 2 amide bonds. The topological polar surface area (TPSA) is 98.8 Å². The third kappa shape index (κ3) is 4.63. The molecule has 4 aliphatic carbocycles. The predicted molar refractivity (Wildman–Crippen MR) is 153 cm³/mol. The Morgan fingerprint density at radius 1 is 0.800 bits per heavy atom. The summed E-state index contributed by atoms with van der Waals surface area (Å²) in [6.07, 6.45) is 9.50. The molecule has 0 radical (unpaired) electrons. The SMILES string of the molecule is CCC1(NC(=O)C23CCC(C(=O)Nc4ccc(Oc5ccnc6cc(OC)c(OC)cc56)cc4)(CC2)CC3)CC1. The number of amides is 2. The minimum atomic E-state index is -0.394. The van der Waals surface area contributed by atoms with E-state index in [9.17, 15) is 9.59 Å². The molecule has 0 spiro atoms. The van der Waals surface area contributed by atoms with E-state index in [1.165, 1.54) is 0 Å². The van der Waals surface area contributed by atoms with Crippen LogP contribution in [0.2, 0.25) is 0 Å². The second kappa shape index (κ2) is 9.98. The zero-order valence-electron chi connectivity index (χ0n) is 23.5. The molecule has 0 unspecified atom stereocenters. The predicted octanol–water partition coefficient (Wildman–Crippen LogP) is 6.38. The standard InChI is InChI=1S/C32H37N3O5/c1-4-32(16-17-32)35-29(37)31-13-10-30(11-14-31,12-15-31)28(36)34-21-5-7-22(8-6-21)40-25-9-18-33-24-20-27(39-3)26(38-2)19-23(24)25/h5-9,18-20H,4,10-17H2,1-3H3,(H,34,36)(H,35,37). The van der Waals surface area contributed by atoms with Gasteiger partial charge >= 0.3 is 0 Å². The second-order valence-corrected chi connectivity index (χ2v) is 11.8. The van der Waals surface area contributed by atoms with Gasteiger partial charge in [-0.05, 0) is 94.2 Å². The van der Waals surface area contributed by atoms with Crippen LogP contribution >= 0.6 is 0 Å². The van der Waals surface area contributed by atoms with Crippen LogP contribution in [0.5, 0.6) is 23.0 Å². The van der Waals surface area contributed by atoms with Gasteiger partial charge in [-0.25, -0.2) is 0 Å². The summed E-state index contributed by atoms with van der Waals surface area (Å²) in [5.74, 6) is 2.77. The van der Waals surface area contributed by atoms with Crippen molar-refractivity contribution in [2.75, 3.05) is 19.5 Å². The molecule has 7 rings (SSSR count). The van der Waals surface area contributed by atoms with Crippen LogP contribution in [0.25, 0.3) is 10.9 Å². The van der Waals surface area contributed by atoms with Gasteiger partial charge in [0.25, 0.3) is 0 Å². The van der Waals surface area contributed by atoms with Crippen molar-refractivity contribution in [3.63, 3.8) is 0 Å². The highest BCUT2D eigenvalue weighted by molar-refractivity contribution is 5.96. The number of carbonyl (C=O) groups is 2. The van der Waals surface area contributed by atoms with Crippen molar-refractivity contribution < 1.29 is 23.8 Å². The van der Waals surface area contributed by atoms with E-state index in [0.717, 1.165) is 74.4 Å². The summed E-state index contributed by atoms with van der Waals surface area (Å²) in [5.41, 5.74) is 0.817. The highest BCUT2D eigenvalue weighted by Crippen LogP contribution is 2.58. The number of nitrogens with zero attached hydrogens (tertiary/aromatic N) is 1. The number of nitrogens with one attached hydrogen (secondary N) is 2. The molecule has 0 saturated heterocycles. The number of benzene rings is 2. The maximum Gasteiger partial charge on any atom is 0.230 e. The molecule has 210 valence electrons. The molecular formula is C32H37N3O5. The lowest BCUT2D eigenvalue weighted by molar-refractivity contribution is -0.148. The second-order valence-electron chi connectivity index (χ2n) is 11.8. The lowest BCUT2D eigenvalue weighted by Gasteiger charge is -2.51. The molecule has 0 aliphatic heterocycles. The Kier molecular flexibility index (Phi) is 6.59. The van der Waals surface area contributed by atoms with E-state index in [0.29, 0.717) is 23.0 Å². The van der Waals surface area contributed by atoms with Crippen LogP contribution < -0.4 is 24.8 Å². The number of rotatable bonds is 9. The summed E-state index contributed by atoms with van der Waals surface area (Å²) >= 11 is 0. The average Bonchev–Trinajstić information content (AvgIpc) is 3.78. The fourth-order valence-electron chi connectivity index (χ4n) is 6.49. The molecule has 2 aromatic carbocycles.